The summed E-state index contributed by atoms with van der Waals surface area (Å²) in [7, 11) is 2.19. The van der Waals surface area contributed by atoms with Gasteiger partial charge in [-0.25, -0.2) is 0 Å². The van der Waals surface area contributed by atoms with Gasteiger partial charge in [0.15, 0.2) is 0 Å². The summed E-state index contributed by atoms with van der Waals surface area (Å²) in [6.07, 6.45) is 4.02. The van der Waals surface area contributed by atoms with E-state index in [1.165, 1.54) is 19.4 Å². The van der Waals surface area contributed by atoms with Crippen molar-refractivity contribution < 1.29 is 0 Å². The molecule has 0 spiro atoms. The Bertz CT molecular complexity index is 133. The normalized spacial score (nSPS) is 19.8. The summed E-state index contributed by atoms with van der Waals surface area (Å²) in [5, 5.41) is 0. The van der Waals surface area contributed by atoms with E-state index in [4.69, 9.17) is 5.73 Å². The quantitative estimate of drug-likeness (QED) is 0.681. The molecule has 1 aliphatic carbocycles. The molecule has 1 unspecified atom stereocenters. The minimum Gasteiger partial charge on any atom is -0.327 e. The van der Waals surface area contributed by atoms with Crippen LogP contribution < -0.4 is 5.73 Å². The van der Waals surface area contributed by atoms with Gasteiger partial charge in [0.2, 0.25) is 0 Å². The van der Waals surface area contributed by atoms with E-state index in [9.17, 15) is 0 Å². The van der Waals surface area contributed by atoms with E-state index < -0.39 is 0 Å². The second-order valence-corrected chi connectivity index (χ2v) is 5.05. The lowest BCUT2D eigenvalue weighted by Crippen LogP contribution is -2.37. The van der Waals surface area contributed by atoms with Crippen LogP contribution in [-0.2, 0) is 0 Å². The maximum absolute atomic E-state index is 6.03. The van der Waals surface area contributed by atoms with Gasteiger partial charge in [-0.3, -0.25) is 0 Å². The number of hydrogen-bond acceptors (Lipinski definition) is 2. The first-order valence-corrected chi connectivity index (χ1v) is 5.52. The highest BCUT2D eigenvalue weighted by atomic mass is 15.1. The van der Waals surface area contributed by atoms with E-state index in [0.717, 1.165) is 24.8 Å². The molecular weight excluding hydrogens is 160 g/mol. The molecule has 1 aliphatic rings. The number of nitrogens with zero attached hydrogens (tertiary/aromatic N) is 1. The standard InChI is InChI=1S/C11H24N2/c1-9(2)6-11(12)8-13(3)7-10-4-5-10/h9-11H,4-8,12H2,1-3H3. The Hall–Kier alpha value is -0.0800. The molecule has 2 N–H and O–H groups in total. The molecule has 0 aromatic carbocycles. The molecule has 0 aromatic heterocycles. The predicted octanol–water partition coefficient (Wildman–Crippen LogP) is 1.70. The molecule has 0 saturated heterocycles. The lowest BCUT2D eigenvalue weighted by molar-refractivity contribution is 0.284. The summed E-state index contributed by atoms with van der Waals surface area (Å²) in [5.74, 6) is 1.71. The zero-order valence-electron chi connectivity index (χ0n) is 9.29. The van der Waals surface area contributed by atoms with Gasteiger partial charge in [-0.15, -0.1) is 0 Å². The van der Waals surface area contributed by atoms with E-state index in [1.54, 1.807) is 0 Å². The zero-order valence-corrected chi connectivity index (χ0v) is 9.29. The van der Waals surface area contributed by atoms with Gasteiger partial charge >= 0.3 is 0 Å². The van der Waals surface area contributed by atoms with Crippen LogP contribution in [0.4, 0.5) is 0 Å². The van der Waals surface area contributed by atoms with Gasteiger partial charge in [-0.2, -0.15) is 0 Å². The molecule has 1 saturated carbocycles. The topological polar surface area (TPSA) is 29.3 Å². The Balaban J connectivity index is 2.06. The van der Waals surface area contributed by atoms with Crippen molar-refractivity contribution in [2.24, 2.45) is 17.6 Å². The molecule has 0 heterocycles. The number of likely N-dealkylation sites (N-methyl/N-ethyl adjacent to an activating group) is 1. The predicted molar refractivity (Wildman–Crippen MR) is 57.7 cm³/mol. The van der Waals surface area contributed by atoms with Crippen LogP contribution >= 0.6 is 0 Å². The maximum atomic E-state index is 6.03. The van der Waals surface area contributed by atoms with Crippen molar-refractivity contribution in [1.82, 2.24) is 4.90 Å². The maximum Gasteiger partial charge on any atom is 0.0170 e. The number of rotatable bonds is 6. The summed E-state index contributed by atoms with van der Waals surface area (Å²) in [5.41, 5.74) is 6.03. The van der Waals surface area contributed by atoms with Crippen molar-refractivity contribution in [3.05, 3.63) is 0 Å². The summed E-state index contributed by atoms with van der Waals surface area (Å²) in [6, 6.07) is 0.365. The SMILES string of the molecule is CC(C)CC(N)CN(C)CC1CC1. The summed E-state index contributed by atoms with van der Waals surface area (Å²) in [6.45, 7) is 6.79. The fourth-order valence-corrected chi connectivity index (χ4v) is 1.90. The third-order valence-electron chi connectivity index (χ3n) is 2.59. The minimum absolute atomic E-state index is 0.365. The van der Waals surface area contributed by atoms with Crippen molar-refractivity contribution >= 4 is 0 Å². The first-order chi connectivity index (χ1) is 6.08. The first-order valence-electron chi connectivity index (χ1n) is 5.52. The molecule has 78 valence electrons. The zero-order chi connectivity index (χ0) is 9.84. The second-order valence-electron chi connectivity index (χ2n) is 5.05. The largest absolute Gasteiger partial charge is 0.327 e. The fraction of sp³-hybridized carbons (Fsp3) is 1.00. The van der Waals surface area contributed by atoms with E-state index in [0.29, 0.717) is 6.04 Å². The smallest absolute Gasteiger partial charge is 0.0170 e. The third kappa shape index (κ3) is 5.27. The van der Waals surface area contributed by atoms with Crippen molar-refractivity contribution in [2.45, 2.75) is 39.2 Å². The summed E-state index contributed by atoms with van der Waals surface area (Å²) in [4.78, 5) is 2.39. The van der Waals surface area contributed by atoms with Crippen molar-refractivity contribution in [3.8, 4) is 0 Å². The van der Waals surface area contributed by atoms with Gasteiger partial charge < -0.3 is 10.6 Å². The van der Waals surface area contributed by atoms with Gasteiger partial charge in [0.05, 0.1) is 0 Å². The summed E-state index contributed by atoms with van der Waals surface area (Å²) < 4.78 is 0. The second kappa shape index (κ2) is 4.97. The molecule has 2 heteroatoms. The Morgan fingerprint density at radius 3 is 2.46 bits per heavy atom. The molecule has 0 radical (unpaired) electrons. The van der Waals surface area contributed by atoms with Gasteiger partial charge in [0.25, 0.3) is 0 Å². The van der Waals surface area contributed by atoms with Gasteiger partial charge in [-0.1, -0.05) is 13.8 Å². The van der Waals surface area contributed by atoms with Gasteiger partial charge in [-0.05, 0) is 38.1 Å². The van der Waals surface area contributed by atoms with E-state index in [1.807, 2.05) is 0 Å². The highest BCUT2D eigenvalue weighted by molar-refractivity contribution is 4.77. The van der Waals surface area contributed by atoms with Gasteiger partial charge in [0, 0.05) is 19.1 Å². The molecule has 1 fully saturated rings. The van der Waals surface area contributed by atoms with Crippen LogP contribution in [0, 0.1) is 11.8 Å². The molecule has 0 amide bonds. The van der Waals surface area contributed by atoms with Crippen LogP contribution in [-0.4, -0.2) is 31.1 Å². The molecule has 2 nitrogen and oxygen atoms in total. The van der Waals surface area contributed by atoms with Crippen molar-refractivity contribution in [2.75, 3.05) is 20.1 Å². The highest BCUT2D eigenvalue weighted by Crippen LogP contribution is 2.29. The van der Waals surface area contributed by atoms with Crippen LogP contribution in [0.1, 0.15) is 33.1 Å². The Morgan fingerprint density at radius 2 is 2.00 bits per heavy atom. The van der Waals surface area contributed by atoms with E-state index in [-0.39, 0.29) is 0 Å². The molecule has 1 atom stereocenters. The van der Waals surface area contributed by atoms with E-state index in [2.05, 4.69) is 25.8 Å². The third-order valence-corrected chi connectivity index (χ3v) is 2.59. The number of nitrogens with two attached hydrogens (primary N) is 1. The molecule has 13 heavy (non-hydrogen) atoms. The number of hydrogen-bond donors (Lipinski definition) is 1. The van der Waals surface area contributed by atoms with Crippen LogP contribution in [0.2, 0.25) is 0 Å². The summed E-state index contributed by atoms with van der Waals surface area (Å²) >= 11 is 0. The van der Waals surface area contributed by atoms with E-state index >= 15 is 0 Å². The van der Waals surface area contributed by atoms with Crippen molar-refractivity contribution in [1.29, 1.82) is 0 Å². The van der Waals surface area contributed by atoms with Crippen LogP contribution in [0.15, 0.2) is 0 Å². The average molecular weight is 184 g/mol. The first kappa shape index (κ1) is 11.0. The molecule has 0 aliphatic heterocycles. The van der Waals surface area contributed by atoms with Crippen LogP contribution in [0.5, 0.6) is 0 Å². The van der Waals surface area contributed by atoms with Crippen LogP contribution in [0.25, 0.3) is 0 Å². The lowest BCUT2D eigenvalue weighted by atomic mass is 10.0. The van der Waals surface area contributed by atoms with Gasteiger partial charge in [0.1, 0.15) is 0 Å². The Kier molecular flexibility index (Phi) is 4.20. The average Bonchev–Trinajstić information content (AvgIpc) is 2.67. The molecule has 0 bridgehead atoms. The molecule has 0 aromatic rings. The molecule has 1 rings (SSSR count). The Morgan fingerprint density at radius 1 is 1.38 bits per heavy atom. The van der Waals surface area contributed by atoms with Crippen molar-refractivity contribution in [3.63, 3.8) is 0 Å². The fourth-order valence-electron chi connectivity index (χ4n) is 1.90. The highest BCUT2D eigenvalue weighted by Gasteiger charge is 2.23. The molecular formula is C11H24N2. The monoisotopic (exact) mass is 184 g/mol. The minimum atomic E-state index is 0.365. The lowest BCUT2D eigenvalue weighted by Gasteiger charge is -2.22. The van der Waals surface area contributed by atoms with Crippen LogP contribution in [0.3, 0.4) is 0 Å². The Labute approximate surface area is 82.5 Å².